The predicted octanol–water partition coefficient (Wildman–Crippen LogP) is 0.905. The van der Waals surface area contributed by atoms with Crippen molar-refractivity contribution in [3.63, 3.8) is 0 Å². The molecule has 0 aliphatic rings. The smallest absolute Gasteiger partial charge is 0.332 e. The Bertz CT molecular complexity index is 459. The second-order valence-corrected chi connectivity index (χ2v) is 3.65. The zero-order valence-electron chi connectivity index (χ0n) is 9.92. The van der Waals surface area contributed by atoms with Gasteiger partial charge in [-0.05, 0) is 11.1 Å². The molecule has 0 aliphatic heterocycles. The Kier molecular flexibility index (Phi) is 5.07. The van der Waals surface area contributed by atoms with Crippen molar-refractivity contribution in [3.05, 3.63) is 47.0 Å². The van der Waals surface area contributed by atoms with Gasteiger partial charge >= 0.3 is 11.9 Å². The molecule has 18 heavy (non-hydrogen) atoms. The SMILES string of the molecule is COC(=O)C=C(Cc1ccc(CO)cc1)C(=O)O. The zero-order valence-corrected chi connectivity index (χ0v) is 9.92. The second-order valence-electron chi connectivity index (χ2n) is 3.65. The van der Waals surface area contributed by atoms with Crippen LogP contribution in [0.5, 0.6) is 0 Å². The normalized spacial score (nSPS) is 11.1. The monoisotopic (exact) mass is 250 g/mol. The number of hydrogen-bond acceptors (Lipinski definition) is 4. The molecule has 0 spiro atoms. The number of aliphatic hydroxyl groups excluding tert-OH is 1. The molecule has 0 radical (unpaired) electrons. The molecule has 0 aromatic heterocycles. The van der Waals surface area contributed by atoms with Crippen LogP contribution in [-0.4, -0.2) is 29.3 Å². The van der Waals surface area contributed by atoms with Gasteiger partial charge in [0.1, 0.15) is 0 Å². The van der Waals surface area contributed by atoms with Crippen LogP contribution in [0.15, 0.2) is 35.9 Å². The van der Waals surface area contributed by atoms with Crippen molar-refractivity contribution in [2.75, 3.05) is 7.11 Å². The molecule has 1 aromatic rings. The van der Waals surface area contributed by atoms with E-state index < -0.39 is 11.9 Å². The number of ether oxygens (including phenoxy) is 1. The Labute approximate surface area is 104 Å². The fourth-order valence-corrected chi connectivity index (χ4v) is 1.37. The van der Waals surface area contributed by atoms with Crippen LogP contribution in [0.25, 0.3) is 0 Å². The van der Waals surface area contributed by atoms with Gasteiger partial charge in [0.2, 0.25) is 0 Å². The minimum Gasteiger partial charge on any atom is -0.478 e. The number of carbonyl (C=O) groups excluding carboxylic acids is 1. The van der Waals surface area contributed by atoms with E-state index in [4.69, 9.17) is 10.2 Å². The summed E-state index contributed by atoms with van der Waals surface area (Å²) in [5, 5.41) is 17.8. The van der Waals surface area contributed by atoms with Gasteiger partial charge in [-0.3, -0.25) is 0 Å². The summed E-state index contributed by atoms with van der Waals surface area (Å²) >= 11 is 0. The summed E-state index contributed by atoms with van der Waals surface area (Å²) < 4.78 is 4.39. The topological polar surface area (TPSA) is 83.8 Å². The van der Waals surface area contributed by atoms with E-state index in [1.807, 2.05) is 0 Å². The molecule has 0 bridgehead atoms. The van der Waals surface area contributed by atoms with E-state index in [2.05, 4.69) is 4.74 Å². The zero-order chi connectivity index (χ0) is 13.5. The number of aliphatic carboxylic acids is 1. The van der Waals surface area contributed by atoms with Gasteiger partial charge in [-0.1, -0.05) is 24.3 Å². The summed E-state index contributed by atoms with van der Waals surface area (Å²) in [7, 11) is 1.19. The maximum atomic E-state index is 11.0. The average Bonchev–Trinajstić information content (AvgIpc) is 2.38. The summed E-state index contributed by atoms with van der Waals surface area (Å²) in [6, 6.07) is 6.82. The lowest BCUT2D eigenvalue weighted by atomic mass is 10.0. The first-order valence-electron chi connectivity index (χ1n) is 5.27. The summed E-state index contributed by atoms with van der Waals surface area (Å²) in [6.07, 6.45) is 1.08. The van der Waals surface area contributed by atoms with Gasteiger partial charge in [-0.15, -0.1) is 0 Å². The largest absolute Gasteiger partial charge is 0.478 e. The molecule has 0 heterocycles. The molecular formula is C13H14O5. The standard InChI is InChI=1S/C13H14O5/c1-18-12(15)7-11(13(16)17)6-9-2-4-10(8-14)5-3-9/h2-5,7,14H,6,8H2,1H3,(H,16,17). The van der Waals surface area contributed by atoms with Gasteiger partial charge in [-0.2, -0.15) is 0 Å². The van der Waals surface area contributed by atoms with E-state index in [0.29, 0.717) is 0 Å². The number of carboxylic acids is 1. The van der Waals surface area contributed by atoms with Crippen molar-refractivity contribution in [3.8, 4) is 0 Å². The molecule has 0 saturated carbocycles. The van der Waals surface area contributed by atoms with Crippen molar-refractivity contribution >= 4 is 11.9 Å². The first kappa shape index (κ1) is 13.9. The van der Waals surface area contributed by atoms with Crippen LogP contribution in [-0.2, 0) is 27.4 Å². The van der Waals surface area contributed by atoms with Gasteiger partial charge in [0.05, 0.1) is 13.7 Å². The number of esters is 1. The molecule has 5 nitrogen and oxygen atoms in total. The molecule has 1 rings (SSSR count). The summed E-state index contributed by atoms with van der Waals surface area (Å²) in [5.41, 5.74) is 1.44. The third-order valence-corrected chi connectivity index (χ3v) is 2.37. The highest BCUT2D eigenvalue weighted by atomic mass is 16.5. The Balaban J connectivity index is 2.86. The maximum absolute atomic E-state index is 11.0. The summed E-state index contributed by atoms with van der Waals surface area (Å²) in [5.74, 6) is -1.86. The maximum Gasteiger partial charge on any atom is 0.332 e. The lowest BCUT2D eigenvalue weighted by Gasteiger charge is -2.04. The van der Waals surface area contributed by atoms with Gasteiger partial charge in [0.15, 0.2) is 0 Å². The van der Waals surface area contributed by atoms with Crippen LogP contribution >= 0.6 is 0 Å². The van der Waals surface area contributed by atoms with Crippen molar-refractivity contribution < 1.29 is 24.5 Å². The van der Waals surface area contributed by atoms with E-state index in [0.717, 1.165) is 17.2 Å². The molecule has 0 unspecified atom stereocenters. The Morgan fingerprint density at radius 2 is 1.78 bits per heavy atom. The number of benzene rings is 1. The van der Waals surface area contributed by atoms with Crippen molar-refractivity contribution in [2.45, 2.75) is 13.0 Å². The van der Waals surface area contributed by atoms with Gasteiger partial charge in [-0.25, -0.2) is 9.59 Å². The first-order valence-corrected chi connectivity index (χ1v) is 5.27. The molecule has 0 amide bonds. The highest BCUT2D eigenvalue weighted by molar-refractivity contribution is 5.95. The molecular weight excluding hydrogens is 236 g/mol. The molecule has 96 valence electrons. The number of carbonyl (C=O) groups is 2. The Hall–Kier alpha value is -2.14. The van der Waals surface area contributed by atoms with Crippen LogP contribution in [0, 0.1) is 0 Å². The number of hydrogen-bond donors (Lipinski definition) is 2. The first-order chi connectivity index (χ1) is 8.56. The number of methoxy groups -OCH3 is 1. The summed E-state index contributed by atoms with van der Waals surface area (Å²) in [4.78, 5) is 22.0. The fourth-order valence-electron chi connectivity index (χ4n) is 1.37. The molecule has 0 saturated heterocycles. The third-order valence-electron chi connectivity index (χ3n) is 2.37. The van der Waals surface area contributed by atoms with Gasteiger partial charge < -0.3 is 14.9 Å². The molecule has 0 atom stereocenters. The Morgan fingerprint density at radius 3 is 2.22 bits per heavy atom. The quantitative estimate of drug-likeness (QED) is 0.599. The van der Waals surface area contributed by atoms with Crippen LogP contribution in [0.4, 0.5) is 0 Å². The van der Waals surface area contributed by atoms with Crippen molar-refractivity contribution in [1.29, 1.82) is 0 Å². The highest BCUT2D eigenvalue weighted by Gasteiger charge is 2.11. The lowest BCUT2D eigenvalue weighted by molar-refractivity contribution is -0.137. The highest BCUT2D eigenvalue weighted by Crippen LogP contribution is 2.10. The molecule has 5 heteroatoms. The van der Waals surface area contributed by atoms with E-state index in [-0.39, 0.29) is 18.6 Å². The van der Waals surface area contributed by atoms with Gasteiger partial charge in [0.25, 0.3) is 0 Å². The van der Waals surface area contributed by atoms with E-state index >= 15 is 0 Å². The van der Waals surface area contributed by atoms with E-state index in [1.54, 1.807) is 24.3 Å². The van der Waals surface area contributed by atoms with Gasteiger partial charge in [0, 0.05) is 18.1 Å². The number of carboxylic acid groups (broad SMARTS) is 1. The lowest BCUT2D eigenvalue weighted by Crippen LogP contribution is -2.08. The van der Waals surface area contributed by atoms with Crippen molar-refractivity contribution in [2.24, 2.45) is 0 Å². The average molecular weight is 250 g/mol. The van der Waals surface area contributed by atoms with Crippen molar-refractivity contribution in [1.82, 2.24) is 0 Å². The molecule has 2 N–H and O–H groups in total. The minimum absolute atomic E-state index is 0.0430. The number of aliphatic hydroxyl groups is 1. The predicted molar refractivity (Wildman–Crippen MR) is 63.8 cm³/mol. The Morgan fingerprint density at radius 1 is 1.22 bits per heavy atom. The molecule has 0 aliphatic carbocycles. The minimum atomic E-state index is -1.16. The van der Waals surface area contributed by atoms with Crippen LogP contribution in [0.3, 0.4) is 0 Å². The second kappa shape index (κ2) is 6.56. The van der Waals surface area contributed by atoms with Crippen LogP contribution < -0.4 is 0 Å². The number of rotatable bonds is 5. The fraction of sp³-hybridized carbons (Fsp3) is 0.231. The molecule has 0 fully saturated rings. The van der Waals surface area contributed by atoms with E-state index in [9.17, 15) is 9.59 Å². The summed E-state index contributed by atoms with van der Waals surface area (Å²) in [6.45, 7) is -0.0654. The van der Waals surface area contributed by atoms with Crippen LogP contribution in [0.2, 0.25) is 0 Å². The van der Waals surface area contributed by atoms with E-state index in [1.165, 1.54) is 7.11 Å². The molecule has 1 aromatic carbocycles. The third kappa shape index (κ3) is 4.03. The van der Waals surface area contributed by atoms with Crippen LogP contribution in [0.1, 0.15) is 11.1 Å².